The van der Waals surface area contributed by atoms with Gasteiger partial charge in [0.25, 0.3) is 0 Å². The fraction of sp³-hybridized carbons (Fsp3) is 0.438. The van der Waals surface area contributed by atoms with Crippen molar-refractivity contribution < 1.29 is 19.1 Å². The van der Waals surface area contributed by atoms with E-state index in [0.717, 1.165) is 13.7 Å². The molecule has 0 bridgehead atoms. The Hall–Kier alpha value is -3.17. The summed E-state index contributed by atoms with van der Waals surface area (Å²) in [5.74, 6) is -1.31. The SMILES string of the molecule is C=C(C)C(=O)OCCn1c(=O)n(C)c(=O)n(CCOC(=O)C(=C)C)c1=O. The Morgan fingerprint density at radius 3 is 1.46 bits per heavy atom. The van der Waals surface area contributed by atoms with Gasteiger partial charge in [-0.3, -0.25) is 0 Å². The maximum Gasteiger partial charge on any atom is 0.336 e. The third-order valence-corrected chi connectivity index (χ3v) is 3.29. The third-order valence-electron chi connectivity index (χ3n) is 3.29. The number of carbonyl (C=O) groups is 2. The summed E-state index contributed by atoms with van der Waals surface area (Å²) in [5.41, 5.74) is -2.23. The highest BCUT2D eigenvalue weighted by Gasteiger charge is 2.14. The van der Waals surface area contributed by atoms with Crippen molar-refractivity contribution >= 4 is 11.9 Å². The van der Waals surface area contributed by atoms with Crippen LogP contribution in [0.25, 0.3) is 0 Å². The summed E-state index contributed by atoms with van der Waals surface area (Å²) in [5, 5.41) is 0. The number of aromatic nitrogens is 3. The summed E-state index contributed by atoms with van der Waals surface area (Å²) >= 11 is 0. The molecule has 0 saturated carbocycles. The summed E-state index contributed by atoms with van der Waals surface area (Å²) in [6.07, 6.45) is 0. The number of ether oxygens (including phenoxy) is 2. The van der Waals surface area contributed by atoms with E-state index in [1.165, 1.54) is 20.9 Å². The predicted octanol–water partition coefficient (Wildman–Crippen LogP) is -1.05. The van der Waals surface area contributed by atoms with Gasteiger partial charge in [0.1, 0.15) is 13.2 Å². The van der Waals surface area contributed by atoms with Gasteiger partial charge in [-0.2, -0.15) is 0 Å². The van der Waals surface area contributed by atoms with Gasteiger partial charge in [0.2, 0.25) is 0 Å². The zero-order valence-corrected chi connectivity index (χ0v) is 14.9. The molecule has 10 nitrogen and oxygen atoms in total. The number of esters is 2. The van der Waals surface area contributed by atoms with E-state index in [9.17, 15) is 24.0 Å². The van der Waals surface area contributed by atoms with Crippen LogP contribution >= 0.6 is 0 Å². The standard InChI is InChI=1S/C16H21N3O7/c1-10(2)12(20)25-8-6-18-14(22)17(5)15(23)19(16(18)24)7-9-26-13(21)11(3)4/h1,3,6-9H2,2,4-5H3. The molecule has 0 amide bonds. The number of nitrogens with zero attached hydrogens (tertiary/aromatic N) is 3. The van der Waals surface area contributed by atoms with Crippen molar-refractivity contribution in [1.29, 1.82) is 0 Å². The molecule has 0 aromatic carbocycles. The van der Waals surface area contributed by atoms with E-state index >= 15 is 0 Å². The second-order valence-corrected chi connectivity index (χ2v) is 5.54. The Kier molecular flexibility index (Phi) is 7.06. The highest BCUT2D eigenvalue weighted by molar-refractivity contribution is 5.87. The van der Waals surface area contributed by atoms with Gasteiger partial charge in [-0.1, -0.05) is 13.2 Å². The van der Waals surface area contributed by atoms with Crippen molar-refractivity contribution in [2.45, 2.75) is 26.9 Å². The number of rotatable bonds is 8. The van der Waals surface area contributed by atoms with E-state index in [4.69, 9.17) is 9.47 Å². The van der Waals surface area contributed by atoms with Gasteiger partial charge in [-0.05, 0) is 13.8 Å². The molecule has 0 fully saturated rings. The molecular weight excluding hydrogens is 346 g/mol. The number of carbonyl (C=O) groups excluding carboxylic acids is 2. The van der Waals surface area contributed by atoms with E-state index in [1.807, 2.05) is 0 Å². The molecule has 0 atom stereocenters. The average Bonchev–Trinajstić information content (AvgIpc) is 2.58. The van der Waals surface area contributed by atoms with Gasteiger partial charge < -0.3 is 9.47 Å². The minimum absolute atomic E-state index is 0.176. The maximum absolute atomic E-state index is 12.4. The van der Waals surface area contributed by atoms with Gasteiger partial charge >= 0.3 is 29.0 Å². The second-order valence-electron chi connectivity index (χ2n) is 5.54. The summed E-state index contributed by atoms with van der Waals surface area (Å²) in [7, 11) is 1.21. The third kappa shape index (κ3) is 4.91. The quantitative estimate of drug-likeness (QED) is 0.425. The van der Waals surface area contributed by atoms with Crippen molar-refractivity contribution in [3.63, 3.8) is 0 Å². The molecule has 26 heavy (non-hydrogen) atoms. The first kappa shape index (κ1) is 20.9. The Balaban J connectivity index is 3.02. The first-order valence-electron chi connectivity index (χ1n) is 7.63. The van der Waals surface area contributed by atoms with Crippen molar-refractivity contribution in [2.75, 3.05) is 13.2 Å². The molecule has 0 saturated heterocycles. The van der Waals surface area contributed by atoms with Gasteiger partial charge in [-0.25, -0.2) is 37.7 Å². The van der Waals surface area contributed by atoms with E-state index in [2.05, 4.69) is 13.2 Å². The van der Waals surface area contributed by atoms with Crippen LogP contribution in [0.1, 0.15) is 13.8 Å². The van der Waals surface area contributed by atoms with Crippen molar-refractivity contribution in [1.82, 2.24) is 13.7 Å². The lowest BCUT2D eigenvalue weighted by molar-refractivity contribution is -0.140. The molecule has 10 heteroatoms. The van der Waals surface area contributed by atoms with Crippen LogP contribution in [0.5, 0.6) is 0 Å². The molecule has 1 aromatic heterocycles. The Bertz CT molecular complexity index is 847. The van der Waals surface area contributed by atoms with E-state index in [-0.39, 0.29) is 37.4 Å². The highest BCUT2D eigenvalue weighted by Crippen LogP contribution is 1.93. The van der Waals surface area contributed by atoms with E-state index in [0.29, 0.717) is 0 Å². The minimum Gasteiger partial charge on any atom is -0.460 e. The van der Waals surface area contributed by atoms with Crippen LogP contribution in [0.2, 0.25) is 0 Å². The molecule has 1 aromatic rings. The maximum atomic E-state index is 12.4. The summed E-state index contributed by atoms with van der Waals surface area (Å²) < 4.78 is 12.0. The van der Waals surface area contributed by atoms with Crippen LogP contribution in [0.3, 0.4) is 0 Å². The molecule has 0 aliphatic rings. The second kappa shape index (κ2) is 8.79. The van der Waals surface area contributed by atoms with Crippen LogP contribution in [-0.2, 0) is 39.2 Å². The van der Waals surface area contributed by atoms with Crippen LogP contribution in [0.15, 0.2) is 38.7 Å². The van der Waals surface area contributed by atoms with Crippen LogP contribution in [0, 0.1) is 0 Å². The van der Waals surface area contributed by atoms with Crippen LogP contribution in [-0.4, -0.2) is 38.9 Å². The minimum atomic E-state index is -0.893. The van der Waals surface area contributed by atoms with Crippen LogP contribution in [0.4, 0.5) is 0 Å². The van der Waals surface area contributed by atoms with Crippen LogP contribution < -0.4 is 17.1 Å². The molecule has 0 radical (unpaired) electrons. The molecule has 0 N–H and O–H groups in total. The fourth-order valence-electron chi connectivity index (χ4n) is 1.84. The molecular formula is C16H21N3O7. The monoisotopic (exact) mass is 367 g/mol. The molecule has 0 aliphatic heterocycles. The average molecular weight is 367 g/mol. The topological polar surface area (TPSA) is 119 Å². The molecule has 1 rings (SSSR count). The molecule has 0 spiro atoms. The fourth-order valence-corrected chi connectivity index (χ4v) is 1.84. The predicted molar refractivity (Wildman–Crippen MR) is 91.7 cm³/mol. The van der Waals surface area contributed by atoms with Gasteiger partial charge in [0.05, 0.1) is 13.1 Å². The Morgan fingerprint density at radius 1 is 0.808 bits per heavy atom. The summed E-state index contributed by atoms with van der Waals surface area (Å²) in [6, 6.07) is 0. The zero-order chi connectivity index (χ0) is 20.0. The normalized spacial score (nSPS) is 10.3. The number of hydrogen-bond acceptors (Lipinski definition) is 7. The van der Waals surface area contributed by atoms with E-state index < -0.39 is 29.0 Å². The summed E-state index contributed by atoms with van der Waals surface area (Å²) in [4.78, 5) is 59.3. The Morgan fingerprint density at radius 2 is 1.15 bits per heavy atom. The Labute approximate surface area is 148 Å². The van der Waals surface area contributed by atoms with Crippen molar-refractivity contribution in [3.05, 3.63) is 55.8 Å². The van der Waals surface area contributed by atoms with Crippen molar-refractivity contribution in [2.24, 2.45) is 7.05 Å². The van der Waals surface area contributed by atoms with Crippen molar-refractivity contribution in [3.8, 4) is 0 Å². The first-order valence-corrected chi connectivity index (χ1v) is 7.63. The highest BCUT2D eigenvalue weighted by atomic mass is 16.5. The molecule has 142 valence electrons. The van der Waals surface area contributed by atoms with Gasteiger partial charge in [-0.15, -0.1) is 0 Å². The molecule has 0 aliphatic carbocycles. The molecule has 0 unspecified atom stereocenters. The van der Waals surface area contributed by atoms with Gasteiger partial charge in [0, 0.05) is 18.2 Å². The largest absolute Gasteiger partial charge is 0.460 e. The first-order chi connectivity index (χ1) is 12.1. The van der Waals surface area contributed by atoms with Gasteiger partial charge in [0.15, 0.2) is 0 Å². The lowest BCUT2D eigenvalue weighted by Gasteiger charge is -2.12. The molecule has 1 heterocycles. The van der Waals surface area contributed by atoms with E-state index in [1.54, 1.807) is 0 Å². The summed E-state index contributed by atoms with van der Waals surface area (Å²) in [6.45, 7) is 8.77. The smallest absolute Gasteiger partial charge is 0.336 e. The lowest BCUT2D eigenvalue weighted by atomic mass is 10.4. The number of hydrogen-bond donors (Lipinski definition) is 0. The lowest BCUT2D eigenvalue weighted by Crippen LogP contribution is -2.54. The zero-order valence-electron chi connectivity index (χ0n) is 14.9.